The minimum Gasteiger partial charge on any atom is -0.478 e. The molecule has 3 aromatic carbocycles. The fraction of sp³-hybridized carbons (Fsp3) is 0.208. The van der Waals surface area contributed by atoms with Crippen LogP contribution in [0.5, 0.6) is 0 Å². The number of rotatable bonds is 5. The fourth-order valence-corrected chi connectivity index (χ4v) is 3.97. The number of halogens is 2. The maximum atomic E-state index is 14.0. The van der Waals surface area contributed by atoms with E-state index in [4.69, 9.17) is 16.7 Å². The summed E-state index contributed by atoms with van der Waals surface area (Å²) in [7, 11) is 0. The van der Waals surface area contributed by atoms with Crippen LogP contribution in [-0.2, 0) is 6.54 Å². The van der Waals surface area contributed by atoms with Gasteiger partial charge in [0.05, 0.1) is 5.56 Å². The molecule has 0 radical (unpaired) electrons. The Balaban J connectivity index is 1.43. The summed E-state index contributed by atoms with van der Waals surface area (Å²) in [6.07, 6.45) is 0. The maximum Gasteiger partial charge on any atom is 0.338 e. The summed E-state index contributed by atoms with van der Waals surface area (Å²) in [6.45, 7) is 4.04. The van der Waals surface area contributed by atoms with Crippen LogP contribution >= 0.6 is 11.6 Å². The van der Waals surface area contributed by atoms with Gasteiger partial charge in [0.1, 0.15) is 5.82 Å². The molecule has 0 atom stereocenters. The molecule has 1 aliphatic rings. The van der Waals surface area contributed by atoms with Gasteiger partial charge >= 0.3 is 5.97 Å². The lowest BCUT2D eigenvalue weighted by molar-refractivity contribution is 0.0692. The highest BCUT2D eigenvalue weighted by molar-refractivity contribution is 6.30. The number of benzene rings is 3. The molecule has 1 saturated heterocycles. The number of carbonyl (C=O) groups is 1. The molecule has 30 heavy (non-hydrogen) atoms. The molecule has 4 nitrogen and oxygen atoms in total. The zero-order valence-corrected chi connectivity index (χ0v) is 17.1. The molecule has 0 spiro atoms. The summed E-state index contributed by atoms with van der Waals surface area (Å²) >= 11 is 6.03. The SMILES string of the molecule is O=C(O)c1ccc(N2CCN(Cc3ccccc3-c3ccc(Cl)cc3)CC2)cc1F. The number of carboxylic acids is 1. The number of hydrogen-bond acceptors (Lipinski definition) is 3. The number of carboxylic acid groups (broad SMARTS) is 1. The van der Waals surface area contributed by atoms with Crippen LogP contribution in [0.15, 0.2) is 66.7 Å². The highest BCUT2D eigenvalue weighted by atomic mass is 35.5. The number of aromatic carboxylic acids is 1. The van der Waals surface area contributed by atoms with E-state index in [2.05, 4.69) is 28.0 Å². The van der Waals surface area contributed by atoms with Crippen molar-refractivity contribution in [3.8, 4) is 11.1 Å². The molecule has 0 aromatic heterocycles. The first-order valence-electron chi connectivity index (χ1n) is 9.85. The van der Waals surface area contributed by atoms with Crippen LogP contribution in [0.2, 0.25) is 5.02 Å². The van der Waals surface area contributed by atoms with Gasteiger partial charge in [-0.15, -0.1) is 0 Å². The van der Waals surface area contributed by atoms with Crippen LogP contribution in [0.3, 0.4) is 0 Å². The van der Waals surface area contributed by atoms with Gasteiger partial charge in [-0.25, -0.2) is 9.18 Å². The Hall–Kier alpha value is -2.89. The largest absolute Gasteiger partial charge is 0.478 e. The van der Waals surface area contributed by atoms with Crippen LogP contribution in [0.25, 0.3) is 11.1 Å². The predicted octanol–water partition coefficient (Wildman–Crippen LogP) is 5.17. The van der Waals surface area contributed by atoms with Crippen LogP contribution in [0, 0.1) is 5.82 Å². The van der Waals surface area contributed by atoms with Gasteiger partial charge in [0, 0.05) is 43.4 Å². The van der Waals surface area contributed by atoms with Crippen LogP contribution < -0.4 is 4.90 Å². The van der Waals surface area contributed by atoms with Crippen molar-refractivity contribution in [2.45, 2.75) is 6.54 Å². The smallest absolute Gasteiger partial charge is 0.338 e. The maximum absolute atomic E-state index is 14.0. The van der Waals surface area contributed by atoms with Gasteiger partial charge in [-0.3, -0.25) is 4.90 Å². The third-order valence-electron chi connectivity index (χ3n) is 5.49. The average Bonchev–Trinajstić information content (AvgIpc) is 2.75. The number of nitrogens with zero attached hydrogens (tertiary/aromatic N) is 2. The van der Waals surface area contributed by atoms with Gasteiger partial charge in [0.2, 0.25) is 0 Å². The van der Waals surface area contributed by atoms with E-state index >= 15 is 0 Å². The molecule has 0 bridgehead atoms. The monoisotopic (exact) mass is 424 g/mol. The first-order valence-corrected chi connectivity index (χ1v) is 10.2. The van der Waals surface area contributed by atoms with E-state index < -0.39 is 11.8 Å². The van der Waals surface area contributed by atoms with Crippen molar-refractivity contribution < 1.29 is 14.3 Å². The standard InChI is InChI=1S/C24H22ClFN2O2/c25-19-7-5-17(6-8-19)21-4-2-1-3-18(21)16-27-11-13-28(14-12-27)20-9-10-22(24(29)30)23(26)15-20/h1-10,15H,11-14,16H2,(H,29,30). The minimum absolute atomic E-state index is 0.295. The number of hydrogen-bond donors (Lipinski definition) is 1. The average molecular weight is 425 g/mol. The Morgan fingerprint density at radius 3 is 2.33 bits per heavy atom. The first-order chi connectivity index (χ1) is 14.5. The van der Waals surface area contributed by atoms with Gasteiger partial charge in [-0.1, -0.05) is 48.0 Å². The van der Waals surface area contributed by atoms with E-state index in [1.807, 2.05) is 30.3 Å². The van der Waals surface area contributed by atoms with E-state index in [1.165, 1.54) is 23.3 Å². The van der Waals surface area contributed by atoms with Crippen molar-refractivity contribution in [3.63, 3.8) is 0 Å². The molecule has 0 aliphatic carbocycles. The van der Waals surface area contributed by atoms with E-state index in [0.717, 1.165) is 49.0 Å². The molecule has 1 heterocycles. The van der Waals surface area contributed by atoms with Gasteiger partial charge in [-0.05, 0) is 47.0 Å². The topological polar surface area (TPSA) is 43.8 Å². The molecule has 154 valence electrons. The molecule has 4 rings (SSSR count). The molecule has 6 heteroatoms. The lowest BCUT2D eigenvalue weighted by Gasteiger charge is -2.36. The van der Waals surface area contributed by atoms with E-state index in [0.29, 0.717) is 0 Å². The van der Waals surface area contributed by atoms with E-state index in [9.17, 15) is 9.18 Å². The molecule has 1 fully saturated rings. The molecule has 3 aromatic rings. The summed E-state index contributed by atoms with van der Waals surface area (Å²) in [5.41, 5.74) is 4.02. The molecule has 0 amide bonds. The minimum atomic E-state index is -1.25. The highest BCUT2D eigenvalue weighted by Crippen LogP contribution is 2.27. The second-order valence-corrected chi connectivity index (χ2v) is 7.83. The third kappa shape index (κ3) is 4.48. The second-order valence-electron chi connectivity index (χ2n) is 7.40. The van der Waals surface area contributed by atoms with Gasteiger partial charge < -0.3 is 10.0 Å². The van der Waals surface area contributed by atoms with Gasteiger partial charge in [-0.2, -0.15) is 0 Å². The van der Waals surface area contributed by atoms with Crippen molar-refractivity contribution in [1.29, 1.82) is 0 Å². The van der Waals surface area contributed by atoms with Gasteiger partial charge in [0.25, 0.3) is 0 Å². The Morgan fingerprint density at radius 1 is 0.967 bits per heavy atom. The van der Waals surface area contributed by atoms with Crippen molar-refractivity contribution in [1.82, 2.24) is 4.90 Å². The summed E-state index contributed by atoms with van der Waals surface area (Å²) in [5.74, 6) is -1.94. The molecule has 1 aliphatic heterocycles. The Labute approximate surface area is 180 Å². The molecular weight excluding hydrogens is 403 g/mol. The summed E-state index contributed by atoms with van der Waals surface area (Å²) < 4.78 is 14.0. The number of piperazine rings is 1. The summed E-state index contributed by atoms with van der Waals surface area (Å²) in [5, 5.41) is 9.72. The fourth-order valence-electron chi connectivity index (χ4n) is 3.85. The summed E-state index contributed by atoms with van der Waals surface area (Å²) in [6, 6.07) is 20.6. The van der Waals surface area contributed by atoms with E-state index in [-0.39, 0.29) is 5.56 Å². The lowest BCUT2D eigenvalue weighted by Crippen LogP contribution is -2.46. The zero-order valence-electron chi connectivity index (χ0n) is 16.4. The first kappa shape index (κ1) is 20.4. The Bertz CT molecular complexity index is 1050. The van der Waals surface area contributed by atoms with Crippen LogP contribution in [0.4, 0.5) is 10.1 Å². The molecule has 0 unspecified atom stereocenters. The Kier molecular flexibility index (Phi) is 6.02. The lowest BCUT2D eigenvalue weighted by atomic mass is 9.99. The van der Waals surface area contributed by atoms with Crippen LogP contribution in [-0.4, -0.2) is 42.2 Å². The van der Waals surface area contributed by atoms with Crippen molar-refractivity contribution in [3.05, 3.63) is 88.7 Å². The van der Waals surface area contributed by atoms with E-state index in [1.54, 1.807) is 6.07 Å². The number of anilines is 1. The normalized spacial score (nSPS) is 14.7. The summed E-state index contributed by atoms with van der Waals surface area (Å²) in [4.78, 5) is 15.5. The third-order valence-corrected chi connectivity index (χ3v) is 5.74. The van der Waals surface area contributed by atoms with Crippen molar-refractivity contribution in [2.24, 2.45) is 0 Å². The molecular formula is C24H22ClFN2O2. The zero-order chi connectivity index (χ0) is 21.1. The Morgan fingerprint density at radius 2 is 1.67 bits per heavy atom. The quantitative estimate of drug-likeness (QED) is 0.614. The highest BCUT2D eigenvalue weighted by Gasteiger charge is 2.20. The molecule has 0 saturated carbocycles. The van der Waals surface area contributed by atoms with Crippen LogP contribution in [0.1, 0.15) is 15.9 Å². The molecule has 1 N–H and O–H groups in total. The van der Waals surface area contributed by atoms with Crippen molar-refractivity contribution >= 4 is 23.3 Å². The predicted molar refractivity (Wildman–Crippen MR) is 118 cm³/mol. The van der Waals surface area contributed by atoms with Crippen molar-refractivity contribution in [2.75, 3.05) is 31.1 Å². The van der Waals surface area contributed by atoms with Gasteiger partial charge in [0.15, 0.2) is 0 Å². The second kappa shape index (κ2) is 8.86.